The maximum absolute atomic E-state index is 10.9. The summed E-state index contributed by atoms with van der Waals surface area (Å²) in [5, 5.41) is 52.4. The van der Waals surface area contributed by atoms with E-state index in [9.17, 15) is 26.2 Å². The van der Waals surface area contributed by atoms with E-state index in [1.54, 1.807) is 26.0 Å². The smallest absolute Gasteiger partial charge is 0.195 e. The monoisotopic (exact) mass is 581 g/mol. The quantitative estimate of drug-likeness (QED) is 0.468. The van der Waals surface area contributed by atoms with E-state index in [0.717, 1.165) is 27.6 Å². The highest BCUT2D eigenvalue weighted by Crippen LogP contribution is 2.62. The highest BCUT2D eigenvalue weighted by atomic mass is 16.3. The Hall–Kier alpha value is -5.06. The Labute approximate surface area is 261 Å². The summed E-state index contributed by atoms with van der Waals surface area (Å²) in [4.78, 5) is 2.00. The van der Waals surface area contributed by atoms with Crippen LogP contribution in [0, 0.1) is 73.4 Å². The van der Waals surface area contributed by atoms with Crippen LogP contribution in [0.4, 0.5) is 5.69 Å². The average molecular weight is 582 g/mol. The van der Waals surface area contributed by atoms with Gasteiger partial charge in [-0.25, -0.2) is 0 Å². The van der Waals surface area contributed by atoms with E-state index in [1.807, 2.05) is 88.3 Å². The molecule has 0 amide bonds. The zero-order valence-corrected chi connectivity index (χ0v) is 27.3. The van der Waals surface area contributed by atoms with Crippen LogP contribution in [0.25, 0.3) is 11.1 Å². The molecule has 6 nitrogen and oxygen atoms in total. The van der Waals surface area contributed by atoms with Gasteiger partial charge in [0.15, 0.2) is 5.41 Å². The largest absolute Gasteiger partial charge is 0.378 e. The number of benzene rings is 2. The van der Waals surface area contributed by atoms with Crippen LogP contribution in [-0.4, -0.2) is 24.8 Å². The Morgan fingerprint density at radius 1 is 0.750 bits per heavy atom. The molecular weight excluding hydrogens is 542 g/mol. The van der Waals surface area contributed by atoms with E-state index in [-0.39, 0.29) is 5.57 Å². The summed E-state index contributed by atoms with van der Waals surface area (Å²) in [7, 11) is 3.92. The van der Waals surface area contributed by atoms with Crippen molar-refractivity contribution >= 4 is 16.8 Å². The lowest BCUT2D eigenvalue weighted by atomic mass is 9.51. The SMILES string of the molecule is CN(C)c1ccc(C(C2=C(C(C)(C)C)/C(=C(\C#CC(C)(C)O)C(C)(C)C)C2(C#N)C#N)=c2ccc(=C(C#N)C#N)cc2)cc1. The molecule has 1 N–H and O–H groups in total. The van der Waals surface area contributed by atoms with E-state index in [1.165, 1.54) is 0 Å². The summed E-state index contributed by atoms with van der Waals surface area (Å²) in [6.45, 7) is 15.4. The molecule has 0 spiro atoms. The maximum atomic E-state index is 10.9. The first-order chi connectivity index (χ1) is 20.4. The second-order valence-corrected chi connectivity index (χ2v) is 13.8. The van der Waals surface area contributed by atoms with Crippen LogP contribution in [0.1, 0.15) is 61.0 Å². The number of hydrogen-bond donors (Lipinski definition) is 1. The van der Waals surface area contributed by atoms with Crippen molar-refractivity contribution in [3.63, 3.8) is 0 Å². The third-order valence-electron chi connectivity index (χ3n) is 7.44. The molecule has 3 rings (SSSR count). The molecule has 0 aromatic heterocycles. The fraction of sp³-hybridized carbons (Fsp3) is 0.368. The fourth-order valence-corrected chi connectivity index (χ4v) is 5.37. The Kier molecular flexibility index (Phi) is 9.05. The third kappa shape index (κ3) is 6.31. The molecule has 1 aliphatic carbocycles. The molecule has 0 heterocycles. The molecule has 222 valence electrons. The molecule has 0 aliphatic heterocycles. The normalized spacial score (nSPS) is 15.2. The Bertz CT molecular complexity index is 1860. The van der Waals surface area contributed by atoms with Gasteiger partial charge in [0.05, 0.1) is 12.1 Å². The van der Waals surface area contributed by atoms with Crippen LogP contribution in [0.3, 0.4) is 0 Å². The van der Waals surface area contributed by atoms with E-state index < -0.39 is 21.8 Å². The zero-order chi connectivity index (χ0) is 33.3. The summed E-state index contributed by atoms with van der Waals surface area (Å²) < 4.78 is 0. The van der Waals surface area contributed by atoms with Crippen LogP contribution in [-0.2, 0) is 0 Å². The molecule has 0 bridgehead atoms. The number of rotatable bonds is 3. The minimum Gasteiger partial charge on any atom is -0.378 e. The van der Waals surface area contributed by atoms with Crippen molar-refractivity contribution in [2.24, 2.45) is 16.2 Å². The Morgan fingerprint density at radius 2 is 1.25 bits per heavy atom. The van der Waals surface area contributed by atoms with Gasteiger partial charge >= 0.3 is 0 Å². The lowest BCUT2D eigenvalue weighted by molar-refractivity contribution is 0.143. The number of nitrogens with zero attached hydrogens (tertiary/aromatic N) is 5. The second-order valence-electron chi connectivity index (χ2n) is 13.8. The van der Waals surface area contributed by atoms with Crippen molar-refractivity contribution in [1.82, 2.24) is 0 Å². The van der Waals surface area contributed by atoms with Crippen molar-refractivity contribution in [1.29, 1.82) is 21.0 Å². The van der Waals surface area contributed by atoms with Gasteiger partial charge in [-0.15, -0.1) is 0 Å². The van der Waals surface area contributed by atoms with Gasteiger partial charge in [-0.05, 0) is 58.7 Å². The van der Waals surface area contributed by atoms with Gasteiger partial charge in [-0.2, -0.15) is 21.0 Å². The lowest BCUT2D eigenvalue weighted by Crippen LogP contribution is -2.43. The molecule has 2 aromatic rings. The van der Waals surface area contributed by atoms with E-state index in [0.29, 0.717) is 21.9 Å². The van der Waals surface area contributed by atoms with Crippen LogP contribution < -0.4 is 15.3 Å². The summed E-state index contributed by atoms with van der Waals surface area (Å²) in [6.07, 6.45) is 0. The predicted molar refractivity (Wildman–Crippen MR) is 174 cm³/mol. The number of nitriles is 4. The Morgan fingerprint density at radius 3 is 1.64 bits per heavy atom. The van der Waals surface area contributed by atoms with Crippen molar-refractivity contribution in [3.8, 4) is 36.1 Å². The first kappa shape index (κ1) is 33.4. The molecule has 1 aliphatic rings. The van der Waals surface area contributed by atoms with Crippen LogP contribution in [0.2, 0.25) is 0 Å². The fourth-order valence-electron chi connectivity index (χ4n) is 5.37. The second kappa shape index (κ2) is 11.9. The minimum atomic E-state index is -1.65. The van der Waals surface area contributed by atoms with Gasteiger partial charge in [0.25, 0.3) is 0 Å². The summed E-state index contributed by atoms with van der Waals surface area (Å²) >= 11 is 0. The first-order valence-electron chi connectivity index (χ1n) is 14.4. The van der Waals surface area contributed by atoms with Gasteiger partial charge < -0.3 is 10.0 Å². The van der Waals surface area contributed by atoms with Crippen molar-refractivity contribution in [2.45, 2.75) is 61.0 Å². The van der Waals surface area contributed by atoms with Gasteiger partial charge in [0.2, 0.25) is 0 Å². The summed E-state index contributed by atoms with van der Waals surface area (Å²) in [5.41, 5.74) is 1.26. The van der Waals surface area contributed by atoms with Crippen molar-refractivity contribution in [3.05, 3.63) is 86.8 Å². The maximum Gasteiger partial charge on any atom is 0.195 e. The molecule has 0 unspecified atom stereocenters. The minimum absolute atomic E-state index is 0.000457. The molecule has 6 heteroatoms. The van der Waals surface area contributed by atoms with Crippen LogP contribution in [0.15, 0.2) is 70.8 Å². The van der Waals surface area contributed by atoms with Crippen LogP contribution >= 0.6 is 0 Å². The number of allylic oxidation sites excluding steroid dienone is 4. The highest BCUT2D eigenvalue weighted by Gasteiger charge is 2.57. The Balaban J connectivity index is 2.70. The zero-order valence-electron chi connectivity index (χ0n) is 27.3. The standard InChI is InChI=1S/C38H39N5O/c1-35(2,3)30(19-20-37(7,8)44)32-34(36(4,5)6)33(38(32,23-41)24-42)31(27-15-17-29(18-16-27)43(9)10)26-13-11-25(12-14-26)28(21-39)22-40/h11-18,44H,1-10H3/b32-30-. The van der Waals surface area contributed by atoms with Crippen molar-refractivity contribution in [2.75, 3.05) is 19.0 Å². The van der Waals surface area contributed by atoms with Crippen LogP contribution in [0.5, 0.6) is 0 Å². The average Bonchev–Trinajstić information content (AvgIpc) is 2.92. The number of hydrogen-bond acceptors (Lipinski definition) is 6. The molecule has 0 atom stereocenters. The molecule has 0 saturated carbocycles. The molecule has 0 radical (unpaired) electrons. The molecule has 44 heavy (non-hydrogen) atoms. The molecule has 0 saturated heterocycles. The van der Waals surface area contributed by atoms with Gasteiger partial charge in [-0.3, -0.25) is 0 Å². The number of anilines is 1. The summed E-state index contributed by atoms with van der Waals surface area (Å²) in [5.74, 6) is 6.11. The predicted octanol–water partition coefficient (Wildman–Crippen LogP) is 5.66. The lowest BCUT2D eigenvalue weighted by Gasteiger charge is -2.48. The number of aliphatic hydroxyl groups is 1. The van der Waals surface area contributed by atoms with E-state index >= 15 is 0 Å². The van der Waals surface area contributed by atoms with E-state index in [2.05, 4.69) is 44.8 Å². The van der Waals surface area contributed by atoms with E-state index in [4.69, 9.17) is 0 Å². The first-order valence-corrected chi connectivity index (χ1v) is 14.4. The third-order valence-corrected chi connectivity index (χ3v) is 7.44. The van der Waals surface area contributed by atoms with Gasteiger partial charge in [0, 0.05) is 41.7 Å². The summed E-state index contributed by atoms with van der Waals surface area (Å²) in [6, 6.07) is 23.7. The van der Waals surface area contributed by atoms with Crippen molar-refractivity contribution < 1.29 is 5.11 Å². The topological polar surface area (TPSA) is 119 Å². The molecular formula is C38H39N5O. The van der Waals surface area contributed by atoms with Gasteiger partial charge in [0.1, 0.15) is 23.3 Å². The van der Waals surface area contributed by atoms with Gasteiger partial charge in [-0.1, -0.05) is 89.8 Å². The molecule has 2 aromatic carbocycles. The molecule has 0 fully saturated rings. The highest BCUT2D eigenvalue weighted by molar-refractivity contribution is 5.92.